The molecule has 19 heavy (non-hydrogen) atoms. The van der Waals surface area contributed by atoms with Crippen molar-refractivity contribution in [1.82, 2.24) is 0 Å². The lowest BCUT2D eigenvalue weighted by Gasteiger charge is -2.40. The highest BCUT2D eigenvalue weighted by Gasteiger charge is 2.44. The SMILES string of the molecule is [B]B([B])B(B([B])[B])B(B([B])[B]C)B(B(C)C)B(C)C. The van der Waals surface area contributed by atoms with Crippen LogP contribution in [0.25, 0.3) is 0 Å². The Morgan fingerprint density at radius 3 is 1.21 bits per heavy atom. The molecule has 14 heteroatoms. The molecule has 77 valence electrons. The predicted molar refractivity (Wildman–Crippen MR) is 110 cm³/mol. The fourth-order valence-corrected chi connectivity index (χ4v) is 3.42. The van der Waals surface area contributed by atoms with Crippen molar-refractivity contribution in [2.45, 2.75) is 34.1 Å². The molecular formula is C5H15B14. The molecule has 0 N–H and O–H groups in total. The maximum Gasteiger partial charge on any atom is 0.0850 e. The third-order valence-electron chi connectivity index (χ3n) is 4.15. The van der Waals surface area contributed by atoms with Crippen molar-refractivity contribution in [3.05, 3.63) is 0 Å². The second-order valence-electron chi connectivity index (χ2n) is 6.29. The smallest absolute Gasteiger partial charge is 0.0850 e. The Labute approximate surface area is 131 Å². The van der Waals surface area contributed by atoms with E-state index in [9.17, 15) is 0 Å². The number of hydrogen-bond acceptors (Lipinski definition) is 0. The molecule has 0 unspecified atom stereocenters. The third-order valence-corrected chi connectivity index (χ3v) is 4.15. The van der Waals surface area contributed by atoms with Gasteiger partial charge in [-0.2, -0.15) is 0 Å². The van der Waals surface area contributed by atoms with Crippen LogP contribution in [0.2, 0.25) is 34.1 Å². The van der Waals surface area contributed by atoms with Gasteiger partial charge in [0.25, 0.3) is 0 Å². The van der Waals surface area contributed by atoms with Crippen molar-refractivity contribution in [2.75, 3.05) is 0 Å². The Morgan fingerprint density at radius 2 is 1.00 bits per heavy atom. The minimum Gasteiger partial charge on any atom is -0.101 e. The molecule has 0 amide bonds. The molecule has 11 radical (unpaired) electrons. The molecule has 0 saturated carbocycles. The third kappa shape index (κ3) is 5.66. The molecule has 0 atom stereocenters. The van der Waals surface area contributed by atoms with Crippen LogP contribution < -0.4 is 0 Å². The summed E-state index contributed by atoms with van der Waals surface area (Å²) in [5, 5.41) is 0. The van der Waals surface area contributed by atoms with Gasteiger partial charge in [0.15, 0.2) is 0 Å². The molecule has 0 aromatic heterocycles. The topological polar surface area (TPSA) is 0 Å². The maximum absolute atomic E-state index is 6.29. The summed E-state index contributed by atoms with van der Waals surface area (Å²) in [6, 6.07) is 0. The lowest BCUT2D eigenvalue weighted by Crippen LogP contribution is -2.77. The van der Waals surface area contributed by atoms with Crippen LogP contribution in [0, 0.1) is 0 Å². The fourth-order valence-electron chi connectivity index (χ4n) is 3.42. The summed E-state index contributed by atoms with van der Waals surface area (Å²) in [5.74, 6) is 0. The molecule has 0 saturated heterocycles. The lowest BCUT2D eigenvalue weighted by atomic mass is 8.43. The van der Waals surface area contributed by atoms with Gasteiger partial charge in [0.05, 0.1) is 20.4 Å². The summed E-state index contributed by atoms with van der Waals surface area (Å²) in [5.41, 5.74) is 0. The average Bonchev–Trinajstić information content (AvgIpc) is 2.24. The monoisotopic (exact) mass is 229 g/mol. The zero-order chi connectivity index (χ0) is 15.3. The minimum atomic E-state index is -0.559. The van der Waals surface area contributed by atoms with Crippen LogP contribution in [0.5, 0.6) is 0 Å². The van der Waals surface area contributed by atoms with Gasteiger partial charge in [0.2, 0.25) is 0 Å². The second-order valence-corrected chi connectivity index (χ2v) is 6.29. The largest absolute Gasteiger partial charge is 0.101 e. The van der Waals surface area contributed by atoms with Gasteiger partial charge in [-0.15, -0.1) is 6.82 Å². The standard InChI is InChI=1S/C5H15B14/c1-11-16(10)19(17(12(2)3)13(4)5)18(14(6)7)15(8)9/h1-5H3. The average molecular weight is 227 g/mol. The molecule has 0 aliphatic carbocycles. The normalized spacial score (nSPS) is 9.32. The molecule has 0 aromatic rings. The number of rotatable bonds is 8. The molecule has 0 bridgehead atoms. The minimum absolute atomic E-state index is 0.0880. The Kier molecular flexibility index (Phi) is 9.47. The molecule has 0 aromatic carbocycles. The van der Waals surface area contributed by atoms with E-state index in [0.29, 0.717) is 19.6 Å². The zero-order valence-corrected chi connectivity index (χ0v) is 13.1. The van der Waals surface area contributed by atoms with Crippen molar-refractivity contribution >= 4 is 97.4 Å². The Balaban J connectivity index is 5.50. The first-order valence-corrected chi connectivity index (χ1v) is 7.22. The summed E-state index contributed by atoms with van der Waals surface area (Å²) in [7, 11) is 31.9. The molecule has 0 heterocycles. The molecule has 0 fully saturated rings. The van der Waals surface area contributed by atoms with E-state index in [-0.39, 0.29) is 19.2 Å². The van der Waals surface area contributed by atoms with Gasteiger partial charge < -0.3 is 0 Å². The molecule has 0 spiro atoms. The Hall–Kier alpha value is 0.909. The van der Waals surface area contributed by atoms with Crippen LogP contribution >= 0.6 is 0 Å². The first-order chi connectivity index (χ1) is 8.64. The van der Waals surface area contributed by atoms with Crippen LogP contribution in [0.15, 0.2) is 0 Å². The summed E-state index contributed by atoms with van der Waals surface area (Å²) in [6.07, 6.45) is -0.956. The van der Waals surface area contributed by atoms with Gasteiger partial charge >= 0.3 is 0 Å². The van der Waals surface area contributed by atoms with E-state index in [2.05, 4.69) is 27.3 Å². The highest BCUT2D eigenvalue weighted by atomic mass is 13.4. The van der Waals surface area contributed by atoms with Gasteiger partial charge in [0.1, 0.15) is 0 Å². The van der Waals surface area contributed by atoms with Crippen LogP contribution in [-0.4, -0.2) is 97.4 Å². The van der Waals surface area contributed by atoms with Crippen molar-refractivity contribution in [2.24, 2.45) is 0 Å². The Bertz CT molecular complexity index is 204. The summed E-state index contributed by atoms with van der Waals surface area (Å²) in [4.78, 5) is 0. The molecule has 0 rings (SSSR count). The highest BCUT2D eigenvalue weighted by molar-refractivity contribution is 8.13. The van der Waals surface area contributed by atoms with Gasteiger partial charge in [-0.05, 0) is 0 Å². The zero-order valence-electron chi connectivity index (χ0n) is 13.1. The van der Waals surface area contributed by atoms with E-state index < -0.39 is 12.8 Å². The van der Waals surface area contributed by atoms with Crippen molar-refractivity contribution in [1.29, 1.82) is 0 Å². The molecule has 0 aliphatic heterocycles. The van der Waals surface area contributed by atoms with E-state index in [4.69, 9.17) is 38.7 Å². The van der Waals surface area contributed by atoms with Crippen molar-refractivity contribution in [3.63, 3.8) is 0 Å². The first-order valence-electron chi connectivity index (χ1n) is 7.22. The van der Waals surface area contributed by atoms with Crippen LogP contribution in [-0.2, 0) is 0 Å². The van der Waals surface area contributed by atoms with Gasteiger partial charge in [-0.1, -0.05) is 27.3 Å². The summed E-state index contributed by atoms with van der Waals surface area (Å²) < 4.78 is 0. The summed E-state index contributed by atoms with van der Waals surface area (Å²) >= 11 is 0. The van der Waals surface area contributed by atoms with Crippen LogP contribution in [0.3, 0.4) is 0 Å². The number of hydrogen-bond donors (Lipinski definition) is 0. The predicted octanol–water partition coefficient (Wildman–Crippen LogP) is -2.41. The van der Waals surface area contributed by atoms with E-state index in [1.807, 2.05) is 14.0 Å². The van der Waals surface area contributed by atoms with E-state index in [1.54, 1.807) is 0 Å². The highest BCUT2D eigenvalue weighted by Crippen LogP contribution is 2.09. The summed E-state index contributed by atoms with van der Waals surface area (Å²) in [6.45, 7) is 11.7. The second kappa shape index (κ2) is 9.03. The van der Waals surface area contributed by atoms with Crippen molar-refractivity contribution < 1.29 is 0 Å². The van der Waals surface area contributed by atoms with Gasteiger partial charge in [0, 0.05) is 77.0 Å². The molecular weight excluding hydrogens is 211 g/mol. The van der Waals surface area contributed by atoms with Gasteiger partial charge in [-0.3, -0.25) is 0 Å². The fraction of sp³-hybridized carbons (Fsp3) is 1.00. The molecule has 0 aliphatic rings. The van der Waals surface area contributed by atoms with E-state index in [1.165, 1.54) is 0 Å². The lowest BCUT2D eigenvalue weighted by molar-refractivity contribution is 2.05. The van der Waals surface area contributed by atoms with Crippen LogP contribution in [0.1, 0.15) is 0 Å². The maximum atomic E-state index is 6.29. The quantitative estimate of drug-likeness (QED) is 0.405. The molecule has 0 nitrogen and oxygen atoms in total. The van der Waals surface area contributed by atoms with E-state index in [0.717, 1.165) is 0 Å². The van der Waals surface area contributed by atoms with Gasteiger partial charge in [-0.25, -0.2) is 0 Å². The Morgan fingerprint density at radius 1 is 0.632 bits per heavy atom. The first kappa shape index (κ1) is 19.9. The van der Waals surface area contributed by atoms with E-state index >= 15 is 0 Å². The van der Waals surface area contributed by atoms with Crippen LogP contribution in [0.4, 0.5) is 0 Å². The van der Waals surface area contributed by atoms with Crippen molar-refractivity contribution in [3.8, 4) is 0 Å².